The number of nitrogens with zero attached hydrogens (tertiary/aromatic N) is 1. The predicted molar refractivity (Wildman–Crippen MR) is 38.8 cm³/mol. The Morgan fingerprint density at radius 2 is 2.45 bits per heavy atom. The molecule has 4 nitrogen and oxygen atoms in total. The number of hydrogen-bond donors (Lipinski definition) is 0. The van der Waals surface area contributed by atoms with Crippen molar-refractivity contribution in [3.63, 3.8) is 0 Å². The summed E-state index contributed by atoms with van der Waals surface area (Å²) in [5.74, 6) is -0.0926. The average molecular weight is 159 g/mol. The molecule has 0 saturated carbocycles. The Balaban J connectivity index is 2.39. The third-order valence-corrected chi connectivity index (χ3v) is 1.70. The van der Waals surface area contributed by atoms with Crippen LogP contribution in [0.25, 0.3) is 0 Å². The Kier molecular flexibility index (Phi) is 2.84. The molecule has 1 heterocycles. The summed E-state index contributed by atoms with van der Waals surface area (Å²) in [5.41, 5.74) is 0. The molecule has 0 N–H and O–H groups in total. The number of methoxy groups -OCH3 is 1. The maximum absolute atomic E-state index is 11.3. The Hall–Kier alpha value is -0.610. The van der Waals surface area contributed by atoms with Crippen LogP contribution in [0.1, 0.15) is 13.3 Å². The summed E-state index contributed by atoms with van der Waals surface area (Å²) < 4.78 is 4.85. The van der Waals surface area contributed by atoms with Gasteiger partial charge in [-0.3, -0.25) is 9.63 Å². The van der Waals surface area contributed by atoms with Gasteiger partial charge in [-0.2, -0.15) is 0 Å². The number of carbonyl (C=O) groups excluding carboxylic acids is 1. The summed E-state index contributed by atoms with van der Waals surface area (Å²) in [7, 11) is 1.51. The molecule has 0 aromatic rings. The highest BCUT2D eigenvalue weighted by Gasteiger charge is 2.23. The number of amides is 1. The fraction of sp³-hybridized carbons (Fsp3) is 0.857. The van der Waals surface area contributed by atoms with E-state index in [1.54, 1.807) is 6.92 Å². The Morgan fingerprint density at radius 1 is 1.73 bits per heavy atom. The third-order valence-electron chi connectivity index (χ3n) is 1.70. The summed E-state index contributed by atoms with van der Waals surface area (Å²) in [6.07, 6.45) is 0.524. The minimum atomic E-state index is -0.395. The monoisotopic (exact) mass is 159 g/mol. The van der Waals surface area contributed by atoms with Crippen LogP contribution >= 0.6 is 0 Å². The molecule has 0 aromatic carbocycles. The van der Waals surface area contributed by atoms with Gasteiger partial charge >= 0.3 is 0 Å². The van der Waals surface area contributed by atoms with Gasteiger partial charge in [0.2, 0.25) is 0 Å². The maximum atomic E-state index is 11.3. The molecule has 1 atom stereocenters. The smallest absolute Gasteiger partial charge is 0.274 e. The number of hydrogen-bond acceptors (Lipinski definition) is 3. The van der Waals surface area contributed by atoms with E-state index in [9.17, 15) is 4.79 Å². The summed E-state index contributed by atoms with van der Waals surface area (Å²) in [6, 6.07) is 0. The quantitative estimate of drug-likeness (QED) is 0.577. The Labute approximate surface area is 66.0 Å². The zero-order valence-electron chi connectivity index (χ0n) is 6.87. The second-order valence-electron chi connectivity index (χ2n) is 2.51. The van der Waals surface area contributed by atoms with E-state index in [2.05, 4.69) is 0 Å². The lowest BCUT2D eigenvalue weighted by Gasteiger charge is -2.17. The zero-order chi connectivity index (χ0) is 8.27. The summed E-state index contributed by atoms with van der Waals surface area (Å²) in [4.78, 5) is 16.3. The SMILES string of the molecule is COC(C)C(=O)N1CCCO1. The molecule has 0 spiro atoms. The van der Waals surface area contributed by atoms with Crippen molar-refractivity contribution in [1.29, 1.82) is 0 Å². The van der Waals surface area contributed by atoms with Crippen molar-refractivity contribution in [3.8, 4) is 0 Å². The first-order valence-electron chi connectivity index (χ1n) is 3.73. The molecule has 11 heavy (non-hydrogen) atoms. The van der Waals surface area contributed by atoms with Crippen molar-refractivity contribution >= 4 is 5.91 Å². The van der Waals surface area contributed by atoms with Crippen LogP contribution in [0.15, 0.2) is 0 Å². The van der Waals surface area contributed by atoms with Gasteiger partial charge in [0.1, 0.15) is 6.10 Å². The normalized spacial score (nSPS) is 20.4. The molecule has 0 aromatic heterocycles. The van der Waals surface area contributed by atoms with Crippen LogP contribution < -0.4 is 0 Å². The predicted octanol–water partition coefficient (Wildman–Crippen LogP) is 0.185. The Bertz CT molecular complexity index is 143. The topological polar surface area (TPSA) is 38.8 Å². The molecule has 1 aliphatic rings. The van der Waals surface area contributed by atoms with E-state index in [0.29, 0.717) is 13.2 Å². The molecule has 4 heteroatoms. The molecule has 1 amide bonds. The minimum absolute atomic E-state index is 0.0926. The molecule has 1 rings (SSSR count). The van der Waals surface area contributed by atoms with Gasteiger partial charge in [-0.25, -0.2) is 5.06 Å². The van der Waals surface area contributed by atoms with Gasteiger partial charge in [0.15, 0.2) is 0 Å². The average Bonchev–Trinajstić information content (AvgIpc) is 2.53. The van der Waals surface area contributed by atoms with Crippen LogP contribution in [-0.4, -0.2) is 37.3 Å². The molecule has 0 bridgehead atoms. The first-order valence-corrected chi connectivity index (χ1v) is 3.73. The molecular weight excluding hydrogens is 146 g/mol. The van der Waals surface area contributed by atoms with Gasteiger partial charge in [-0.1, -0.05) is 0 Å². The van der Waals surface area contributed by atoms with Crippen molar-refractivity contribution in [2.75, 3.05) is 20.3 Å². The molecule has 64 valence electrons. The summed E-state index contributed by atoms with van der Waals surface area (Å²) in [5, 5.41) is 1.37. The summed E-state index contributed by atoms with van der Waals surface area (Å²) in [6.45, 7) is 3.04. The van der Waals surface area contributed by atoms with E-state index in [-0.39, 0.29) is 5.91 Å². The zero-order valence-corrected chi connectivity index (χ0v) is 6.87. The van der Waals surface area contributed by atoms with Crippen LogP contribution in [0.3, 0.4) is 0 Å². The van der Waals surface area contributed by atoms with E-state index >= 15 is 0 Å². The Morgan fingerprint density at radius 3 is 2.91 bits per heavy atom. The fourth-order valence-corrected chi connectivity index (χ4v) is 0.925. The largest absolute Gasteiger partial charge is 0.372 e. The van der Waals surface area contributed by atoms with E-state index in [4.69, 9.17) is 9.57 Å². The third kappa shape index (κ3) is 1.91. The minimum Gasteiger partial charge on any atom is -0.372 e. The number of carbonyl (C=O) groups is 1. The standard InChI is InChI=1S/C7H13NO3/c1-6(10-2)7(9)8-4-3-5-11-8/h6H,3-5H2,1-2H3. The molecule has 1 saturated heterocycles. The maximum Gasteiger partial charge on any atom is 0.274 e. The van der Waals surface area contributed by atoms with Gasteiger partial charge in [0.05, 0.1) is 13.2 Å². The highest BCUT2D eigenvalue weighted by molar-refractivity contribution is 5.79. The van der Waals surface area contributed by atoms with Crippen molar-refractivity contribution < 1.29 is 14.4 Å². The van der Waals surface area contributed by atoms with Crippen LogP contribution in [0.2, 0.25) is 0 Å². The van der Waals surface area contributed by atoms with Crippen LogP contribution in [0.4, 0.5) is 0 Å². The first kappa shape index (κ1) is 8.49. The van der Waals surface area contributed by atoms with E-state index in [0.717, 1.165) is 6.42 Å². The lowest BCUT2D eigenvalue weighted by molar-refractivity contribution is -0.178. The number of hydroxylamine groups is 2. The molecule has 0 aliphatic carbocycles. The second-order valence-corrected chi connectivity index (χ2v) is 2.51. The second kappa shape index (κ2) is 3.69. The molecular formula is C7H13NO3. The first-order chi connectivity index (χ1) is 5.25. The summed E-state index contributed by atoms with van der Waals surface area (Å²) >= 11 is 0. The number of rotatable bonds is 2. The van der Waals surface area contributed by atoms with Crippen molar-refractivity contribution in [1.82, 2.24) is 5.06 Å². The van der Waals surface area contributed by atoms with Crippen molar-refractivity contribution in [3.05, 3.63) is 0 Å². The highest BCUT2D eigenvalue weighted by Crippen LogP contribution is 2.07. The van der Waals surface area contributed by atoms with E-state index in [1.165, 1.54) is 12.2 Å². The fourth-order valence-electron chi connectivity index (χ4n) is 0.925. The molecule has 0 radical (unpaired) electrons. The van der Waals surface area contributed by atoms with Crippen LogP contribution in [0.5, 0.6) is 0 Å². The lowest BCUT2D eigenvalue weighted by atomic mass is 10.3. The van der Waals surface area contributed by atoms with Crippen molar-refractivity contribution in [2.45, 2.75) is 19.4 Å². The van der Waals surface area contributed by atoms with Gasteiger partial charge in [0, 0.05) is 7.11 Å². The van der Waals surface area contributed by atoms with Gasteiger partial charge < -0.3 is 4.74 Å². The van der Waals surface area contributed by atoms with Gasteiger partial charge in [-0.15, -0.1) is 0 Å². The molecule has 1 aliphatic heterocycles. The van der Waals surface area contributed by atoms with Gasteiger partial charge in [-0.05, 0) is 13.3 Å². The van der Waals surface area contributed by atoms with Gasteiger partial charge in [0.25, 0.3) is 5.91 Å². The van der Waals surface area contributed by atoms with E-state index in [1.807, 2.05) is 0 Å². The lowest BCUT2D eigenvalue weighted by Crippen LogP contribution is -2.35. The van der Waals surface area contributed by atoms with Crippen LogP contribution in [0, 0.1) is 0 Å². The van der Waals surface area contributed by atoms with Crippen molar-refractivity contribution in [2.24, 2.45) is 0 Å². The number of ether oxygens (including phenoxy) is 1. The van der Waals surface area contributed by atoms with Crippen LogP contribution in [-0.2, 0) is 14.4 Å². The highest BCUT2D eigenvalue weighted by atomic mass is 16.7. The molecule has 1 unspecified atom stereocenters. The van der Waals surface area contributed by atoms with E-state index < -0.39 is 6.10 Å². The molecule has 1 fully saturated rings.